The van der Waals surface area contributed by atoms with E-state index in [2.05, 4.69) is 15.6 Å². The van der Waals surface area contributed by atoms with Gasteiger partial charge in [0.15, 0.2) is 0 Å². The van der Waals surface area contributed by atoms with Gasteiger partial charge in [-0.15, -0.1) is 5.10 Å². The third kappa shape index (κ3) is 5.30. The minimum atomic E-state index is -0.339. The fraction of sp³-hybridized carbons (Fsp3) is 0.824. The first kappa shape index (κ1) is 17.9. The molecule has 0 saturated heterocycles. The predicted octanol–water partition coefficient (Wildman–Crippen LogP) is 2.10. The van der Waals surface area contributed by atoms with Crippen LogP contribution in [0.1, 0.15) is 64.5 Å². The van der Waals surface area contributed by atoms with Gasteiger partial charge in [0.2, 0.25) is 5.91 Å². The van der Waals surface area contributed by atoms with Gasteiger partial charge in [0, 0.05) is 37.2 Å². The minimum Gasteiger partial charge on any atom is -0.396 e. The van der Waals surface area contributed by atoms with Crippen molar-refractivity contribution < 1.29 is 9.90 Å². The van der Waals surface area contributed by atoms with E-state index in [1.165, 1.54) is 0 Å². The first-order valence-electron chi connectivity index (χ1n) is 8.69. The van der Waals surface area contributed by atoms with Crippen LogP contribution in [0.5, 0.6) is 0 Å². The highest BCUT2D eigenvalue weighted by Crippen LogP contribution is 2.34. The van der Waals surface area contributed by atoms with Gasteiger partial charge >= 0.3 is 0 Å². The zero-order valence-corrected chi connectivity index (χ0v) is 14.6. The van der Waals surface area contributed by atoms with Gasteiger partial charge in [-0.1, -0.05) is 26.0 Å². The van der Waals surface area contributed by atoms with Gasteiger partial charge in [0.1, 0.15) is 0 Å². The maximum Gasteiger partial charge on any atom is 0.225 e. The lowest BCUT2D eigenvalue weighted by Gasteiger charge is -2.25. The summed E-state index contributed by atoms with van der Waals surface area (Å²) in [7, 11) is 0. The Kier molecular flexibility index (Phi) is 6.16. The van der Waals surface area contributed by atoms with Crippen molar-refractivity contribution in [1.29, 1.82) is 0 Å². The SMILES string of the molecule is CC(C)(C)C(=O)NCCCn1cc(C2CCC(CO)CC2)nn1. The van der Waals surface area contributed by atoms with Crippen molar-refractivity contribution in [2.24, 2.45) is 11.3 Å². The highest BCUT2D eigenvalue weighted by molar-refractivity contribution is 5.81. The molecule has 130 valence electrons. The van der Waals surface area contributed by atoms with Crippen molar-refractivity contribution in [1.82, 2.24) is 20.3 Å². The largest absolute Gasteiger partial charge is 0.396 e. The lowest BCUT2D eigenvalue weighted by Crippen LogP contribution is -2.35. The monoisotopic (exact) mass is 322 g/mol. The normalized spacial score (nSPS) is 22.1. The summed E-state index contributed by atoms with van der Waals surface area (Å²) in [5.74, 6) is 1.03. The maximum absolute atomic E-state index is 11.8. The second-order valence-electron chi connectivity index (χ2n) is 7.67. The molecule has 1 amide bonds. The van der Waals surface area contributed by atoms with Crippen LogP contribution in [-0.2, 0) is 11.3 Å². The van der Waals surface area contributed by atoms with E-state index >= 15 is 0 Å². The van der Waals surface area contributed by atoms with Crippen molar-refractivity contribution in [3.05, 3.63) is 11.9 Å². The topological polar surface area (TPSA) is 80.0 Å². The summed E-state index contributed by atoms with van der Waals surface area (Å²) in [6, 6.07) is 0. The van der Waals surface area contributed by atoms with Gasteiger partial charge < -0.3 is 10.4 Å². The Hall–Kier alpha value is -1.43. The van der Waals surface area contributed by atoms with Crippen LogP contribution in [0.4, 0.5) is 0 Å². The van der Waals surface area contributed by atoms with E-state index in [4.69, 9.17) is 0 Å². The van der Waals surface area contributed by atoms with Crippen LogP contribution in [0.2, 0.25) is 0 Å². The van der Waals surface area contributed by atoms with Crippen molar-refractivity contribution in [3.8, 4) is 0 Å². The van der Waals surface area contributed by atoms with Crippen LogP contribution < -0.4 is 5.32 Å². The number of hydrogen-bond acceptors (Lipinski definition) is 4. The zero-order valence-electron chi connectivity index (χ0n) is 14.6. The molecular weight excluding hydrogens is 292 g/mol. The first-order chi connectivity index (χ1) is 10.9. The number of aliphatic hydroxyl groups is 1. The lowest BCUT2D eigenvalue weighted by atomic mass is 9.81. The molecule has 0 spiro atoms. The summed E-state index contributed by atoms with van der Waals surface area (Å²) in [4.78, 5) is 11.8. The van der Waals surface area contributed by atoms with Crippen LogP contribution >= 0.6 is 0 Å². The quantitative estimate of drug-likeness (QED) is 0.786. The number of aryl methyl sites for hydroxylation is 1. The van der Waals surface area contributed by atoms with E-state index < -0.39 is 0 Å². The van der Waals surface area contributed by atoms with E-state index in [-0.39, 0.29) is 11.3 Å². The van der Waals surface area contributed by atoms with Gasteiger partial charge in [-0.2, -0.15) is 0 Å². The molecule has 1 aromatic rings. The molecular formula is C17H30N4O2. The molecule has 1 aliphatic carbocycles. The smallest absolute Gasteiger partial charge is 0.225 e. The Morgan fingerprint density at radius 2 is 2.04 bits per heavy atom. The molecule has 6 heteroatoms. The fourth-order valence-electron chi connectivity index (χ4n) is 2.96. The van der Waals surface area contributed by atoms with E-state index in [0.717, 1.165) is 44.3 Å². The van der Waals surface area contributed by atoms with Crippen LogP contribution in [0.3, 0.4) is 0 Å². The summed E-state index contributed by atoms with van der Waals surface area (Å²) in [6.07, 6.45) is 7.22. The number of amides is 1. The molecule has 0 aliphatic heterocycles. The Morgan fingerprint density at radius 1 is 1.35 bits per heavy atom. The molecule has 1 aromatic heterocycles. The number of nitrogens with zero attached hydrogens (tertiary/aromatic N) is 3. The number of rotatable bonds is 6. The lowest BCUT2D eigenvalue weighted by molar-refractivity contribution is -0.128. The molecule has 2 N–H and O–H groups in total. The van der Waals surface area contributed by atoms with Crippen molar-refractivity contribution >= 4 is 5.91 Å². The maximum atomic E-state index is 11.8. The minimum absolute atomic E-state index is 0.0809. The average Bonchev–Trinajstić information content (AvgIpc) is 2.99. The highest BCUT2D eigenvalue weighted by atomic mass is 16.3. The number of carbonyl (C=O) groups excluding carboxylic acids is 1. The van der Waals surface area contributed by atoms with Crippen LogP contribution in [0.15, 0.2) is 6.20 Å². The van der Waals surface area contributed by atoms with Crippen molar-refractivity contribution in [2.45, 2.75) is 65.3 Å². The van der Waals surface area contributed by atoms with Crippen molar-refractivity contribution in [3.63, 3.8) is 0 Å². The zero-order chi connectivity index (χ0) is 16.9. The molecule has 23 heavy (non-hydrogen) atoms. The van der Waals surface area contributed by atoms with Gasteiger partial charge in [0.25, 0.3) is 0 Å². The van der Waals surface area contributed by atoms with E-state index in [1.807, 2.05) is 31.6 Å². The van der Waals surface area contributed by atoms with E-state index in [0.29, 0.717) is 25.0 Å². The molecule has 0 radical (unpaired) electrons. The molecule has 0 bridgehead atoms. The summed E-state index contributed by atoms with van der Waals surface area (Å²) < 4.78 is 1.87. The fourth-order valence-corrected chi connectivity index (χ4v) is 2.96. The second kappa shape index (κ2) is 7.90. The number of aromatic nitrogens is 3. The summed E-state index contributed by atoms with van der Waals surface area (Å²) in [6.45, 7) is 7.47. The summed E-state index contributed by atoms with van der Waals surface area (Å²) in [5, 5.41) is 20.7. The van der Waals surface area contributed by atoms with Crippen molar-refractivity contribution in [2.75, 3.05) is 13.2 Å². The number of nitrogens with one attached hydrogen (secondary N) is 1. The first-order valence-corrected chi connectivity index (χ1v) is 8.69. The summed E-state index contributed by atoms with van der Waals surface area (Å²) in [5.41, 5.74) is 0.730. The van der Waals surface area contributed by atoms with E-state index in [1.54, 1.807) is 0 Å². The second-order valence-corrected chi connectivity index (χ2v) is 7.67. The molecule has 2 rings (SSSR count). The van der Waals surface area contributed by atoms with Gasteiger partial charge in [-0.25, -0.2) is 0 Å². The number of aliphatic hydroxyl groups excluding tert-OH is 1. The molecule has 0 unspecified atom stereocenters. The Balaban J connectivity index is 1.72. The van der Waals surface area contributed by atoms with Gasteiger partial charge in [-0.3, -0.25) is 9.48 Å². The molecule has 1 saturated carbocycles. The average molecular weight is 322 g/mol. The Bertz CT molecular complexity index is 499. The Morgan fingerprint density at radius 3 is 2.65 bits per heavy atom. The highest BCUT2D eigenvalue weighted by Gasteiger charge is 2.24. The van der Waals surface area contributed by atoms with Crippen LogP contribution in [0.25, 0.3) is 0 Å². The molecule has 0 aromatic carbocycles. The molecule has 1 heterocycles. The molecule has 1 fully saturated rings. The van der Waals surface area contributed by atoms with Crippen LogP contribution in [0, 0.1) is 11.3 Å². The number of carbonyl (C=O) groups is 1. The third-order valence-corrected chi connectivity index (χ3v) is 4.61. The van der Waals surface area contributed by atoms with E-state index in [9.17, 15) is 9.90 Å². The van der Waals surface area contributed by atoms with Crippen LogP contribution in [-0.4, -0.2) is 39.2 Å². The van der Waals surface area contributed by atoms with Gasteiger partial charge in [-0.05, 0) is 38.0 Å². The molecule has 0 atom stereocenters. The predicted molar refractivity (Wildman–Crippen MR) is 88.9 cm³/mol. The molecule has 1 aliphatic rings. The third-order valence-electron chi connectivity index (χ3n) is 4.61. The standard InChI is InChI=1S/C17H30N4O2/c1-17(2,3)16(23)18-9-4-10-21-11-15(19-20-21)14-7-5-13(12-22)6-8-14/h11,13-14,22H,4-10,12H2,1-3H3,(H,18,23). The summed E-state index contributed by atoms with van der Waals surface area (Å²) >= 11 is 0. The molecule has 6 nitrogen and oxygen atoms in total. The number of hydrogen-bond donors (Lipinski definition) is 2. The Labute approximate surface area is 138 Å². The van der Waals surface area contributed by atoms with Gasteiger partial charge in [0.05, 0.1) is 5.69 Å².